The molecule has 2 aromatic carbocycles. The van der Waals surface area contributed by atoms with Gasteiger partial charge in [0.1, 0.15) is 5.75 Å². The normalized spacial score (nSPS) is 37.3. The van der Waals surface area contributed by atoms with Crippen LogP contribution >= 0.6 is 0 Å². The van der Waals surface area contributed by atoms with Gasteiger partial charge in [-0.15, -0.1) is 0 Å². The first-order valence-corrected chi connectivity index (χ1v) is 16.1. The van der Waals surface area contributed by atoms with E-state index in [2.05, 4.69) is 26.0 Å². The lowest BCUT2D eigenvalue weighted by Gasteiger charge is -2.56. The summed E-state index contributed by atoms with van der Waals surface area (Å²) in [6.07, 6.45) is 12.0. The monoisotopic (exact) mass is 571 g/mol. The highest BCUT2D eigenvalue weighted by atomic mass is 16.6. The summed E-state index contributed by atoms with van der Waals surface area (Å²) in [6.45, 7) is 6.04. The van der Waals surface area contributed by atoms with Gasteiger partial charge in [-0.1, -0.05) is 67.5 Å². The summed E-state index contributed by atoms with van der Waals surface area (Å²) in [5, 5.41) is 25.0. The summed E-state index contributed by atoms with van der Waals surface area (Å²) in [5.41, 5.74) is 1.63. The molecule has 3 saturated carbocycles. The highest BCUT2D eigenvalue weighted by Gasteiger charge is 2.62. The van der Waals surface area contributed by atoms with E-state index in [4.69, 9.17) is 9.47 Å². The average Bonchev–Trinajstić information content (AvgIpc) is 3.58. The first kappa shape index (κ1) is 28.1. The molecule has 0 aromatic heterocycles. The molecule has 6 nitrogen and oxygen atoms in total. The van der Waals surface area contributed by atoms with E-state index in [1.807, 2.05) is 42.5 Å². The van der Waals surface area contributed by atoms with Gasteiger partial charge < -0.3 is 24.6 Å². The second-order valence-corrected chi connectivity index (χ2v) is 14.2. The number of nitrogens with zero attached hydrogens (tertiary/aromatic N) is 1. The highest BCUT2D eigenvalue weighted by molar-refractivity contribution is 5.84. The Morgan fingerprint density at radius 1 is 1.00 bits per heavy atom. The van der Waals surface area contributed by atoms with Crippen LogP contribution in [0.25, 0.3) is 10.8 Å². The molecule has 2 N–H and O–H groups in total. The van der Waals surface area contributed by atoms with Crippen LogP contribution in [-0.4, -0.2) is 58.7 Å². The quantitative estimate of drug-likeness (QED) is 0.413. The number of allylic oxidation sites excluding steroid dienone is 3. The molecule has 4 aliphatic carbocycles. The zero-order valence-electron chi connectivity index (χ0n) is 25.1. The van der Waals surface area contributed by atoms with Crippen LogP contribution in [0.15, 0.2) is 65.8 Å². The van der Waals surface area contributed by atoms with Crippen LogP contribution in [0.5, 0.6) is 5.75 Å². The predicted octanol–water partition coefficient (Wildman–Crippen LogP) is 6.79. The van der Waals surface area contributed by atoms with Gasteiger partial charge in [0.05, 0.1) is 30.9 Å². The summed E-state index contributed by atoms with van der Waals surface area (Å²) in [5.74, 6) is 1.26. The topological polar surface area (TPSA) is 79.2 Å². The van der Waals surface area contributed by atoms with E-state index < -0.39 is 11.7 Å². The standard InChI is InChI=1S/C36H45NO5/c1-34-16-13-27(38)21-26(34)10-12-30-31(34)14-17-35(2)32(30)15-18-36(35,40)23-37(22-29-8-5-19-41-29)33(39)42-28-11-9-24-6-3-4-7-25(24)20-28/h3-4,6-7,9-12,20,27,29,31-32,38,40H,5,8,13-19,21-23H2,1-2H3/t27-,29+,31-,32-,34-,35-,36+/m0/s1. The van der Waals surface area contributed by atoms with E-state index in [0.29, 0.717) is 31.2 Å². The van der Waals surface area contributed by atoms with Crippen molar-refractivity contribution in [1.82, 2.24) is 4.90 Å². The van der Waals surface area contributed by atoms with Crippen molar-refractivity contribution in [2.24, 2.45) is 22.7 Å². The molecule has 0 radical (unpaired) electrons. The van der Waals surface area contributed by atoms with Crippen molar-refractivity contribution in [3.8, 4) is 5.75 Å². The Labute approximate surface area is 249 Å². The molecule has 6 heteroatoms. The number of aliphatic hydroxyl groups excluding tert-OH is 1. The van der Waals surface area contributed by atoms with Crippen LogP contribution in [0.3, 0.4) is 0 Å². The van der Waals surface area contributed by atoms with Gasteiger partial charge in [-0.3, -0.25) is 0 Å². The number of aliphatic hydroxyl groups is 2. The largest absolute Gasteiger partial charge is 0.415 e. The molecule has 224 valence electrons. The Balaban J connectivity index is 1.14. The first-order chi connectivity index (χ1) is 20.2. The van der Waals surface area contributed by atoms with Gasteiger partial charge in [-0.2, -0.15) is 0 Å². The molecule has 2 aromatic rings. The van der Waals surface area contributed by atoms with Crippen molar-refractivity contribution in [3.05, 3.63) is 65.8 Å². The molecule has 1 saturated heterocycles. The van der Waals surface area contributed by atoms with Crippen molar-refractivity contribution in [1.29, 1.82) is 0 Å². The second kappa shape index (κ2) is 10.5. The van der Waals surface area contributed by atoms with Crippen molar-refractivity contribution in [2.75, 3.05) is 19.7 Å². The lowest BCUT2D eigenvalue weighted by atomic mass is 9.50. The van der Waals surface area contributed by atoms with Crippen LogP contribution in [0.1, 0.15) is 71.6 Å². The Morgan fingerprint density at radius 3 is 2.62 bits per heavy atom. The number of benzene rings is 2. The molecule has 4 fully saturated rings. The Morgan fingerprint density at radius 2 is 1.81 bits per heavy atom. The fraction of sp³-hybridized carbons (Fsp3) is 0.583. The predicted molar refractivity (Wildman–Crippen MR) is 163 cm³/mol. The van der Waals surface area contributed by atoms with Crippen molar-refractivity contribution < 1.29 is 24.5 Å². The lowest BCUT2D eigenvalue weighted by molar-refractivity contribution is -0.101. The van der Waals surface area contributed by atoms with Gasteiger partial charge >= 0.3 is 6.09 Å². The van der Waals surface area contributed by atoms with E-state index >= 15 is 0 Å². The van der Waals surface area contributed by atoms with Gasteiger partial charge in [0, 0.05) is 12.0 Å². The molecule has 0 unspecified atom stereocenters. The summed E-state index contributed by atoms with van der Waals surface area (Å²) >= 11 is 0. The molecule has 42 heavy (non-hydrogen) atoms. The van der Waals surface area contributed by atoms with E-state index in [1.54, 1.807) is 4.90 Å². The van der Waals surface area contributed by atoms with E-state index in [-0.39, 0.29) is 35.5 Å². The summed E-state index contributed by atoms with van der Waals surface area (Å²) in [7, 11) is 0. The van der Waals surface area contributed by atoms with E-state index in [1.165, 1.54) is 11.1 Å². The molecular formula is C36H45NO5. The smallest absolute Gasteiger partial charge is 0.410 e. The SMILES string of the molecule is C[C@]12CC[C@H](O)CC1=CC=C1[C@@H]2CC[C@@]2(C)[C@H]1CC[C@@]2(O)CN(C[C@H]1CCCO1)C(=O)Oc1ccc2ccccc2c1. The van der Waals surface area contributed by atoms with Gasteiger partial charge in [0.2, 0.25) is 0 Å². The minimum Gasteiger partial charge on any atom is -0.410 e. The average molecular weight is 572 g/mol. The molecule has 7 atom stereocenters. The highest BCUT2D eigenvalue weighted by Crippen LogP contribution is 2.66. The van der Waals surface area contributed by atoms with Gasteiger partial charge in [-0.25, -0.2) is 4.79 Å². The summed E-state index contributed by atoms with van der Waals surface area (Å²) < 4.78 is 11.9. The molecule has 0 spiro atoms. The van der Waals surface area contributed by atoms with Crippen molar-refractivity contribution >= 4 is 16.9 Å². The zero-order valence-corrected chi connectivity index (χ0v) is 25.1. The number of amides is 1. The molecule has 1 amide bonds. The number of fused-ring (bicyclic) bond motifs is 6. The fourth-order valence-electron chi connectivity index (χ4n) is 9.30. The molecule has 1 aliphatic heterocycles. The third-order valence-corrected chi connectivity index (χ3v) is 12.0. The molecule has 5 aliphatic rings. The molecule has 1 heterocycles. The maximum atomic E-state index is 13.8. The maximum absolute atomic E-state index is 13.8. The van der Waals surface area contributed by atoms with Gasteiger partial charge in [0.25, 0.3) is 0 Å². The van der Waals surface area contributed by atoms with Crippen molar-refractivity contribution in [2.45, 2.75) is 89.4 Å². The molecule has 0 bridgehead atoms. The lowest BCUT2D eigenvalue weighted by Crippen LogP contribution is -2.57. The summed E-state index contributed by atoms with van der Waals surface area (Å²) in [4.78, 5) is 15.5. The summed E-state index contributed by atoms with van der Waals surface area (Å²) in [6, 6.07) is 13.8. The van der Waals surface area contributed by atoms with Crippen LogP contribution < -0.4 is 4.74 Å². The number of hydrogen-bond donors (Lipinski definition) is 2. The van der Waals surface area contributed by atoms with Crippen LogP contribution in [0.4, 0.5) is 4.79 Å². The minimum atomic E-state index is -1.02. The van der Waals surface area contributed by atoms with E-state index in [0.717, 1.165) is 62.1 Å². The van der Waals surface area contributed by atoms with E-state index in [9.17, 15) is 15.0 Å². The Kier molecular flexibility index (Phi) is 7.03. The number of rotatable bonds is 5. The Bertz CT molecular complexity index is 1430. The van der Waals surface area contributed by atoms with Crippen LogP contribution in [0.2, 0.25) is 0 Å². The van der Waals surface area contributed by atoms with Crippen molar-refractivity contribution in [3.63, 3.8) is 0 Å². The minimum absolute atomic E-state index is 0.0373. The number of carbonyl (C=O) groups excluding carboxylic acids is 1. The van der Waals surface area contributed by atoms with Gasteiger partial charge in [0.15, 0.2) is 0 Å². The number of carbonyl (C=O) groups is 1. The number of hydrogen-bond acceptors (Lipinski definition) is 5. The molecule has 7 rings (SSSR count). The Hall–Kier alpha value is -2.67. The maximum Gasteiger partial charge on any atom is 0.415 e. The number of ether oxygens (including phenoxy) is 2. The van der Waals surface area contributed by atoms with Gasteiger partial charge in [-0.05, 0) is 97.9 Å². The molecular weight excluding hydrogens is 526 g/mol. The third-order valence-electron chi connectivity index (χ3n) is 12.0. The first-order valence-electron chi connectivity index (χ1n) is 16.1. The van der Waals surface area contributed by atoms with Crippen LogP contribution in [0, 0.1) is 22.7 Å². The second-order valence-electron chi connectivity index (χ2n) is 14.2. The fourth-order valence-corrected chi connectivity index (χ4v) is 9.30. The third kappa shape index (κ3) is 4.61. The van der Waals surface area contributed by atoms with Crippen LogP contribution in [-0.2, 0) is 4.74 Å². The zero-order chi connectivity index (χ0) is 29.1.